The number of nitrogens with zero attached hydrogens (tertiary/aromatic N) is 2. The summed E-state index contributed by atoms with van der Waals surface area (Å²) in [5, 5.41) is 11.5. The Kier molecular flexibility index (Phi) is 6.39. The second kappa shape index (κ2) is 8.51. The zero-order valence-corrected chi connectivity index (χ0v) is 13.9. The number of aliphatic hydroxyl groups excluding tert-OH is 1. The van der Waals surface area contributed by atoms with E-state index in [0.29, 0.717) is 49.9 Å². The predicted octanol–water partition coefficient (Wildman–Crippen LogP) is -0.221. The van der Waals surface area contributed by atoms with E-state index in [4.69, 9.17) is 14.6 Å². The van der Waals surface area contributed by atoms with Gasteiger partial charge in [-0.05, 0) is 12.1 Å². The van der Waals surface area contributed by atoms with Crippen LogP contribution < -0.4 is 14.8 Å². The Morgan fingerprint density at radius 2 is 1.88 bits per heavy atom. The third-order valence-electron chi connectivity index (χ3n) is 3.92. The van der Waals surface area contributed by atoms with E-state index in [-0.39, 0.29) is 6.61 Å². The second-order valence-electron chi connectivity index (χ2n) is 5.38. The minimum Gasteiger partial charge on any atom is -0.497 e. The van der Waals surface area contributed by atoms with E-state index in [1.165, 1.54) is 19.1 Å². The predicted molar refractivity (Wildman–Crippen MR) is 88.3 cm³/mol. The third-order valence-corrected chi connectivity index (χ3v) is 3.92. The third kappa shape index (κ3) is 4.36. The van der Waals surface area contributed by atoms with E-state index in [0.717, 1.165) is 0 Å². The molecule has 1 heterocycles. The molecule has 24 heavy (non-hydrogen) atoms. The second-order valence-corrected chi connectivity index (χ2v) is 5.38. The lowest BCUT2D eigenvalue weighted by Crippen LogP contribution is -2.52. The van der Waals surface area contributed by atoms with Crippen molar-refractivity contribution in [1.82, 2.24) is 9.80 Å². The number of hydrogen-bond donors (Lipinski definition) is 2. The first-order valence-corrected chi connectivity index (χ1v) is 7.74. The van der Waals surface area contributed by atoms with Crippen LogP contribution in [-0.2, 0) is 9.59 Å². The molecule has 1 fully saturated rings. The Labute approximate surface area is 140 Å². The lowest BCUT2D eigenvalue weighted by Gasteiger charge is -2.33. The molecule has 0 bridgehead atoms. The highest BCUT2D eigenvalue weighted by Gasteiger charge is 2.26. The van der Waals surface area contributed by atoms with Crippen LogP contribution >= 0.6 is 0 Å². The summed E-state index contributed by atoms with van der Waals surface area (Å²) in [7, 11) is 3.00. The number of carbonyl (C=O) groups excluding carboxylic acids is 2. The topological polar surface area (TPSA) is 91.3 Å². The number of aliphatic hydroxyl groups is 1. The highest BCUT2D eigenvalue weighted by Crippen LogP contribution is 2.28. The molecular weight excluding hydrogens is 314 g/mol. The van der Waals surface area contributed by atoms with Crippen molar-refractivity contribution in [3.63, 3.8) is 0 Å². The summed E-state index contributed by atoms with van der Waals surface area (Å²) in [6.07, 6.45) is 0. The van der Waals surface area contributed by atoms with E-state index in [1.807, 2.05) is 4.90 Å². The molecule has 2 rings (SSSR count). The van der Waals surface area contributed by atoms with Gasteiger partial charge < -0.3 is 24.8 Å². The van der Waals surface area contributed by atoms with Gasteiger partial charge in [0.1, 0.15) is 11.5 Å². The fourth-order valence-corrected chi connectivity index (χ4v) is 2.55. The summed E-state index contributed by atoms with van der Waals surface area (Å²) in [5.41, 5.74) is 0.383. The van der Waals surface area contributed by atoms with Gasteiger partial charge in [0.2, 0.25) is 0 Å². The number of amides is 2. The number of carbonyl (C=O) groups is 2. The first-order chi connectivity index (χ1) is 11.6. The van der Waals surface area contributed by atoms with Gasteiger partial charge in [0.05, 0.1) is 26.5 Å². The van der Waals surface area contributed by atoms with Crippen LogP contribution in [-0.4, -0.2) is 80.3 Å². The van der Waals surface area contributed by atoms with E-state index in [9.17, 15) is 9.59 Å². The van der Waals surface area contributed by atoms with Crippen molar-refractivity contribution < 1.29 is 24.2 Å². The molecule has 0 aromatic heterocycles. The number of anilines is 1. The van der Waals surface area contributed by atoms with Gasteiger partial charge in [0, 0.05) is 38.8 Å². The number of ether oxygens (including phenoxy) is 2. The molecule has 0 spiro atoms. The van der Waals surface area contributed by atoms with Crippen molar-refractivity contribution in [2.24, 2.45) is 0 Å². The molecule has 2 amide bonds. The molecule has 0 unspecified atom stereocenters. The van der Waals surface area contributed by atoms with Crippen molar-refractivity contribution in [2.45, 2.75) is 0 Å². The summed E-state index contributed by atoms with van der Waals surface area (Å²) >= 11 is 0. The van der Waals surface area contributed by atoms with Gasteiger partial charge in [0.25, 0.3) is 0 Å². The molecule has 0 aliphatic carbocycles. The van der Waals surface area contributed by atoms with Crippen LogP contribution in [0.15, 0.2) is 18.2 Å². The molecule has 1 saturated heterocycles. The van der Waals surface area contributed by atoms with Crippen LogP contribution in [0.4, 0.5) is 5.69 Å². The largest absolute Gasteiger partial charge is 0.497 e. The van der Waals surface area contributed by atoms with E-state index in [2.05, 4.69) is 5.32 Å². The monoisotopic (exact) mass is 337 g/mol. The molecule has 132 valence electrons. The lowest BCUT2D eigenvalue weighted by molar-refractivity contribution is -0.144. The summed E-state index contributed by atoms with van der Waals surface area (Å²) in [6.45, 7) is 2.87. The minimum absolute atomic E-state index is 0.0874. The summed E-state index contributed by atoms with van der Waals surface area (Å²) in [5.74, 6) is -0.290. The SMILES string of the molecule is COc1ccc(OC)c(NC(=O)C(=O)N2CCN(CCO)CC2)c1. The molecule has 0 atom stereocenters. The van der Waals surface area contributed by atoms with Crippen LogP contribution in [0, 0.1) is 0 Å². The van der Waals surface area contributed by atoms with Crippen molar-refractivity contribution in [3.8, 4) is 11.5 Å². The maximum absolute atomic E-state index is 12.3. The molecule has 0 radical (unpaired) electrons. The van der Waals surface area contributed by atoms with E-state index < -0.39 is 11.8 Å². The Balaban J connectivity index is 1.98. The van der Waals surface area contributed by atoms with Crippen LogP contribution in [0.3, 0.4) is 0 Å². The number of hydrogen-bond acceptors (Lipinski definition) is 6. The molecule has 2 N–H and O–H groups in total. The van der Waals surface area contributed by atoms with Gasteiger partial charge in [-0.3, -0.25) is 14.5 Å². The molecule has 8 heteroatoms. The average molecular weight is 337 g/mol. The van der Waals surface area contributed by atoms with E-state index >= 15 is 0 Å². The van der Waals surface area contributed by atoms with Gasteiger partial charge >= 0.3 is 11.8 Å². The number of benzene rings is 1. The van der Waals surface area contributed by atoms with Gasteiger partial charge in [0.15, 0.2) is 0 Å². The normalized spacial score (nSPS) is 15.0. The zero-order chi connectivity index (χ0) is 17.5. The quantitative estimate of drug-likeness (QED) is 0.722. The van der Waals surface area contributed by atoms with E-state index in [1.54, 1.807) is 18.2 Å². The van der Waals surface area contributed by atoms with Gasteiger partial charge in [-0.15, -0.1) is 0 Å². The van der Waals surface area contributed by atoms with Gasteiger partial charge in [-0.2, -0.15) is 0 Å². The van der Waals surface area contributed by atoms with Crippen LogP contribution in [0.5, 0.6) is 11.5 Å². The van der Waals surface area contributed by atoms with Crippen molar-refractivity contribution in [1.29, 1.82) is 0 Å². The maximum Gasteiger partial charge on any atom is 0.314 e. The maximum atomic E-state index is 12.3. The summed E-state index contributed by atoms with van der Waals surface area (Å²) in [4.78, 5) is 28.1. The molecule has 8 nitrogen and oxygen atoms in total. The smallest absolute Gasteiger partial charge is 0.314 e. The highest BCUT2D eigenvalue weighted by molar-refractivity contribution is 6.39. The number of nitrogens with one attached hydrogen (secondary N) is 1. The Morgan fingerprint density at radius 1 is 1.17 bits per heavy atom. The Hall–Kier alpha value is -2.32. The molecule has 1 aromatic rings. The lowest BCUT2D eigenvalue weighted by atomic mass is 10.2. The Bertz CT molecular complexity index is 585. The van der Waals surface area contributed by atoms with Crippen LogP contribution in [0.2, 0.25) is 0 Å². The van der Waals surface area contributed by atoms with Crippen molar-refractivity contribution >= 4 is 17.5 Å². The average Bonchev–Trinajstić information content (AvgIpc) is 2.62. The number of rotatable bonds is 5. The first kappa shape index (κ1) is 18.0. The zero-order valence-electron chi connectivity index (χ0n) is 13.9. The molecule has 0 saturated carbocycles. The van der Waals surface area contributed by atoms with Crippen molar-refractivity contribution in [3.05, 3.63) is 18.2 Å². The van der Waals surface area contributed by atoms with Crippen LogP contribution in [0.1, 0.15) is 0 Å². The number of β-amino-alcohol motifs (C(OH)–C–C–N with tert-alkyl or cyclic N) is 1. The standard InChI is InChI=1S/C16H23N3O5/c1-23-12-3-4-14(24-2)13(11-12)17-15(21)16(22)19-7-5-18(6-8-19)9-10-20/h3-4,11,20H,5-10H2,1-2H3,(H,17,21). The number of piperazine rings is 1. The Morgan fingerprint density at radius 3 is 2.46 bits per heavy atom. The minimum atomic E-state index is -0.711. The fourth-order valence-electron chi connectivity index (χ4n) is 2.55. The first-order valence-electron chi connectivity index (χ1n) is 7.74. The van der Waals surface area contributed by atoms with Gasteiger partial charge in [-0.1, -0.05) is 0 Å². The number of methoxy groups -OCH3 is 2. The molecule has 1 aliphatic rings. The molecule has 1 aromatic carbocycles. The van der Waals surface area contributed by atoms with Crippen molar-refractivity contribution in [2.75, 3.05) is 58.9 Å². The summed E-state index contributed by atoms with van der Waals surface area (Å²) in [6, 6.07) is 4.96. The highest BCUT2D eigenvalue weighted by atomic mass is 16.5. The summed E-state index contributed by atoms with van der Waals surface area (Å²) < 4.78 is 10.3. The fraction of sp³-hybridized carbons (Fsp3) is 0.500. The van der Waals surface area contributed by atoms with Crippen LogP contribution in [0.25, 0.3) is 0 Å². The van der Waals surface area contributed by atoms with Gasteiger partial charge in [-0.25, -0.2) is 0 Å². The molecular formula is C16H23N3O5. The molecule has 1 aliphatic heterocycles.